The van der Waals surface area contributed by atoms with Gasteiger partial charge in [0, 0.05) is 32.9 Å². The van der Waals surface area contributed by atoms with E-state index in [1.807, 2.05) is 30.3 Å². The van der Waals surface area contributed by atoms with Gasteiger partial charge in [-0.15, -0.1) is 0 Å². The maximum absolute atomic E-state index is 9.14. The second-order valence-electron chi connectivity index (χ2n) is 12.8. The summed E-state index contributed by atoms with van der Waals surface area (Å²) in [7, 11) is 0. The fourth-order valence-electron chi connectivity index (χ4n) is 7.56. The molecule has 0 bridgehead atoms. The molecule has 0 N–H and O–H groups in total. The largest absolute Gasteiger partial charge is 0.309 e. The summed E-state index contributed by atoms with van der Waals surface area (Å²) in [6.45, 7) is 0. The topological polar surface area (TPSA) is 9.86 Å². The van der Waals surface area contributed by atoms with Crippen molar-refractivity contribution in [3.8, 4) is 44.8 Å². The highest BCUT2D eigenvalue weighted by Gasteiger charge is 2.18. The maximum atomic E-state index is 9.14. The Morgan fingerprint density at radius 3 is 1.52 bits per heavy atom. The number of aromatic nitrogens is 2. The molecule has 0 amide bonds. The minimum Gasteiger partial charge on any atom is -0.309 e. The van der Waals surface area contributed by atoms with Crippen LogP contribution in [0.15, 0.2) is 194 Å². The molecule has 0 saturated heterocycles. The zero-order chi connectivity index (χ0) is 35.6. The average molecular weight is 640 g/mol. The Bertz CT molecular complexity index is 3020. The zero-order valence-corrected chi connectivity index (χ0v) is 27.1. The predicted octanol–water partition coefficient (Wildman–Crippen LogP) is 12.9. The third-order valence-corrected chi connectivity index (χ3v) is 9.91. The highest BCUT2D eigenvalue weighted by molar-refractivity contribution is 6.13. The van der Waals surface area contributed by atoms with E-state index in [0.717, 1.165) is 77.3 Å². The van der Waals surface area contributed by atoms with E-state index >= 15 is 0 Å². The SMILES string of the molecule is [2H]c1cc2c3cc(-c4ccccc4)ccc3n(-c3ccc4c(c3)c3ccc(-c5ccccc5)cc3n4-c3cccc(-c4ccccc4)c3)c2c([2H])c1[2H]. The van der Waals surface area contributed by atoms with Gasteiger partial charge in [-0.2, -0.15) is 0 Å². The van der Waals surface area contributed by atoms with Crippen molar-refractivity contribution in [2.75, 3.05) is 0 Å². The number of hydrogen-bond donors (Lipinski definition) is 0. The number of hydrogen-bond acceptors (Lipinski definition) is 0. The summed E-state index contributed by atoms with van der Waals surface area (Å²) in [5.74, 6) is 0. The van der Waals surface area contributed by atoms with Crippen LogP contribution in [0.5, 0.6) is 0 Å². The molecule has 10 rings (SSSR count). The lowest BCUT2D eigenvalue weighted by Gasteiger charge is -2.12. The van der Waals surface area contributed by atoms with Gasteiger partial charge in [0.15, 0.2) is 0 Å². The summed E-state index contributed by atoms with van der Waals surface area (Å²) in [5, 5.41) is 3.97. The average Bonchev–Trinajstić information content (AvgIpc) is 3.72. The van der Waals surface area contributed by atoms with Crippen LogP contribution in [0.4, 0.5) is 0 Å². The lowest BCUT2D eigenvalue weighted by atomic mass is 10.0. The Hall–Kier alpha value is -6.64. The van der Waals surface area contributed by atoms with Crippen LogP contribution >= 0.6 is 0 Å². The number of rotatable bonds is 5. The minimum atomic E-state index is -0.0748. The fourth-order valence-corrected chi connectivity index (χ4v) is 7.56. The molecule has 0 fully saturated rings. The lowest BCUT2D eigenvalue weighted by Crippen LogP contribution is -1.96. The summed E-state index contributed by atoms with van der Waals surface area (Å²) in [4.78, 5) is 0. The second-order valence-corrected chi connectivity index (χ2v) is 12.8. The molecular weight excluding hydrogens is 605 g/mol. The van der Waals surface area contributed by atoms with Crippen molar-refractivity contribution in [1.82, 2.24) is 9.13 Å². The monoisotopic (exact) mass is 639 g/mol. The third kappa shape index (κ3) is 4.57. The first-order chi connectivity index (χ1) is 26.0. The molecule has 0 saturated carbocycles. The van der Waals surface area contributed by atoms with Gasteiger partial charge in [0.05, 0.1) is 26.2 Å². The predicted molar refractivity (Wildman–Crippen MR) is 211 cm³/mol. The summed E-state index contributed by atoms with van der Waals surface area (Å²) in [6, 6.07) is 61.4. The molecule has 0 atom stereocenters. The third-order valence-electron chi connectivity index (χ3n) is 9.91. The number of para-hydroxylation sites is 1. The molecule has 0 aliphatic heterocycles. The van der Waals surface area contributed by atoms with E-state index in [9.17, 15) is 0 Å². The van der Waals surface area contributed by atoms with Crippen LogP contribution in [0, 0.1) is 0 Å². The molecule has 0 spiro atoms. The molecule has 2 heterocycles. The molecule has 10 aromatic rings. The van der Waals surface area contributed by atoms with Gasteiger partial charge in [0.1, 0.15) is 0 Å². The molecule has 2 nitrogen and oxygen atoms in total. The van der Waals surface area contributed by atoms with E-state index in [1.165, 1.54) is 5.56 Å². The van der Waals surface area contributed by atoms with E-state index in [0.29, 0.717) is 5.52 Å². The highest BCUT2D eigenvalue weighted by Crippen LogP contribution is 2.39. The number of benzene rings is 8. The molecular formula is C48H32N2. The molecule has 0 aliphatic rings. The van der Waals surface area contributed by atoms with Crippen LogP contribution in [0.2, 0.25) is 0 Å². The van der Waals surface area contributed by atoms with Crippen molar-refractivity contribution in [3.63, 3.8) is 0 Å². The normalized spacial score (nSPS) is 12.4. The van der Waals surface area contributed by atoms with Crippen molar-refractivity contribution in [2.45, 2.75) is 0 Å². The Morgan fingerprint density at radius 1 is 0.300 bits per heavy atom. The van der Waals surface area contributed by atoms with E-state index in [2.05, 4.69) is 149 Å². The van der Waals surface area contributed by atoms with Gasteiger partial charge in [-0.1, -0.05) is 139 Å². The van der Waals surface area contributed by atoms with Gasteiger partial charge >= 0.3 is 0 Å². The first-order valence-electron chi connectivity index (χ1n) is 18.4. The van der Waals surface area contributed by atoms with Gasteiger partial charge in [-0.05, 0) is 88.0 Å². The van der Waals surface area contributed by atoms with Crippen LogP contribution < -0.4 is 0 Å². The van der Waals surface area contributed by atoms with Gasteiger partial charge in [0.2, 0.25) is 0 Å². The Balaban J connectivity index is 1.25. The molecule has 2 aromatic heterocycles. The van der Waals surface area contributed by atoms with Crippen molar-refractivity contribution in [3.05, 3.63) is 194 Å². The first-order valence-corrected chi connectivity index (χ1v) is 16.9. The van der Waals surface area contributed by atoms with E-state index in [-0.39, 0.29) is 18.1 Å². The Labute approximate surface area is 294 Å². The van der Waals surface area contributed by atoms with Gasteiger partial charge in [-0.25, -0.2) is 0 Å². The summed E-state index contributed by atoms with van der Waals surface area (Å²) >= 11 is 0. The van der Waals surface area contributed by atoms with Gasteiger partial charge in [0.25, 0.3) is 0 Å². The molecule has 0 unspecified atom stereocenters. The van der Waals surface area contributed by atoms with Crippen molar-refractivity contribution < 1.29 is 4.11 Å². The quantitative estimate of drug-likeness (QED) is 0.177. The molecule has 0 radical (unpaired) electrons. The smallest absolute Gasteiger partial charge is 0.0645 e. The van der Waals surface area contributed by atoms with Crippen LogP contribution in [0.3, 0.4) is 0 Å². The lowest BCUT2D eigenvalue weighted by molar-refractivity contribution is 1.17. The Morgan fingerprint density at radius 2 is 0.820 bits per heavy atom. The van der Waals surface area contributed by atoms with E-state index < -0.39 is 0 Å². The Kier molecular flexibility index (Phi) is 5.84. The minimum absolute atomic E-state index is 0.0529. The second kappa shape index (κ2) is 11.5. The maximum Gasteiger partial charge on any atom is 0.0645 e. The molecule has 2 heteroatoms. The highest BCUT2D eigenvalue weighted by atomic mass is 15.0. The van der Waals surface area contributed by atoms with E-state index in [4.69, 9.17) is 4.11 Å². The molecule has 50 heavy (non-hydrogen) atoms. The van der Waals surface area contributed by atoms with Gasteiger partial charge in [-0.3, -0.25) is 0 Å². The van der Waals surface area contributed by atoms with Crippen LogP contribution in [0.1, 0.15) is 4.11 Å². The molecule has 0 aliphatic carbocycles. The summed E-state index contributed by atoms with van der Waals surface area (Å²) in [5.41, 5.74) is 12.5. The van der Waals surface area contributed by atoms with E-state index in [1.54, 1.807) is 6.07 Å². The van der Waals surface area contributed by atoms with Crippen LogP contribution in [-0.2, 0) is 0 Å². The standard InChI is InChI=1S/C48H32N2/c1-4-13-33(14-5-1)36-19-12-20-39(29-36)50-47-28-25-40(32-44(47)42-26-23-38(31-48(42)50)35-17-8-3-9-18-35)49-45-22-11-10-21-41(45)43-30-37(24-27-46(43)49)34-15-6-2-7-16-34/h1-32H/i10D,11D,22D. The molecule has 8 aromatic carbocycles. The first kappa shape index (κ1) is 25.4. The zero-order valence-electron chi connectivity index (χ0n) is 30.1. The summed E-state index contributed by atoms with van der Waals surface area (Å²) < 4.78 is 30.8. The van der Waals surface area contributed by atoms with Crippen molar-refractivity contribution in [2.24, 2.45) is 0 Å². The van der Waals surface area contributed by atoms with Crippen LogP contribution in [-0.4, -0.2) is 9.13 Å². The molecule has 234 valence electrons. The van der Waals surface area contributed by atoms with Crippen LogP contribution in [0.25, 0.3) is 88.4 Å². The van der Waals surface area contributed by atoms with Crippen molar-refractivity contribution >= 4 is 43.6 Å². The van der Waals surface area contributed by atoms with Gasteiger partial charge < -0.3 is 9.13 Å². The van der Waals surface area contributed by atoms with Crippen molar-refractivity contribution in [1.29, 1.82) is 0 Å². The fraction of sp³-hybridized carbons (Fsp3) is 0. The summed E-state index contributed by atoms with van der Waals surface area (Å²) in [6.07, 6.45) is 0. The number of fused-ring (bicyclic) bond motifs is 6. The number of nitrogens with zero attached hydrogens (tertiary/aromatic N) is 2.